The first-order valence-corrected chi connectivity index (χ1v) is 9.79. The first-order chi connectivity index (χ1) is 11.3. The maximum atomic E-state index is 10.8. The molecule has 134 valence electrons. The zero-order valence-corrected chi connectivity index (χ0v) is 15.3. The Morgan fingerprint density at radius 3 is 2.83 bits per heavy atom. The van der Waals surface area contributed by atoms with E-state index in [0.717, 1.165) is 11.4 Å². The molecule has 2 rings (SSSR count). The summed E-state index contributed by atoms with van der Waals surface area (Å²) in [5.74, 6) is 1.04. The second kappa shape index (κ2) is 8.09. The van der Waals surface area contributed by atoms with Gasteiger partial charge in [0.2, 0.25) is 0 Å². The number of ether oxygens (including phenoxy) is 2. The Balaban J connectivity index is 2.23. The number of hydrogen-bond acceptors (Lipinski definition) is 6. The maximum Gasteiger partial charge on any atom is 0.195 e. The predicted octanol–water partition coefficient (Wildman–Crippen LogP) is 3.13. The number of rotatable bonds is 8. The van der Waals surface area contributed by atoms with Crippen molar-refractivity contribution in [2.24, 2.45) is 0 Å². The summed E-state index contributed by atoms with van der Waals surface area (Å²) < 4.78 is 44.0. The molecule has 24 heavy (non-hydrogen) atoms. The number of anilines is 1. The molecule has 0 spiro atoms. The van der Waals surface area contributed by atoms with Gasteiger partial charge in [-0.2, -0.15) is 0 Å². The largest absolute Gasteiger partial charge is 0.748 e. The van der Waals surface area contributed by atoms with Gasteiger partial charge >= 0.3 is 0 Å². The van der Waals surface area contributed by atoms with Gasteiger partial charge in [0.05, 0.1) is 28.2 Å². The molecular weight excluding hydrogens is 354 g/mol. The van der Waals surface area contributed by atoms with Gasteiger partial charge in [-0.15, -0.1) is 0 Å². The minimum absolute atomic E-state index is 0.210. The zero-order chi connectivity index (χ0) is 17.7. The third kappa shape index (κ3) is 5.03. The van der Waals surface area contributed by atoms with Crippen LogP contribution in [0.2, 0.25) is 5.02 Å². The van der Waals surface area contributed by atoms with E-state index in [-0.39, 0.29) is 6.42 Å². The molecule has 6 nitrogen and oxygen atoms in total. The van der Waals surface area contributed by atoms with Crippen LogP contribution in [0.5, 0.6) is 5.75 Å². The van der Waals surface area contributed by atoms with E-state index in [4.69, 9.17) is 21.1 Å². The van der Waals surface area contributed by atoms with Gasteiger partial charge in [0.15, 0.2) is 6.23 Å². The molecule has 0 N–H and O–H groups in total. The monoisotopic (exact) mass is 374 g/mol. The number of allylic oxidation sites excluding steroid dienone is 1. The number of nitrogens with zero attached hydrogens (tertiary/aromatic N) is 1. The average molecular weight is 375 g/mol. The Hall–Kier alpha value is -1.44. The van der Waals surface area contributed by atoms with Crippen molar-refractivity contribution in [2.45, 2.75) is 32.9 Å². The van der Waals surface area contributed by atoms with Crippen LogP contribution in [0.4, 0.5) is 5.69 Å². The second-order valence-electron chi connectivity index (χ2n) is 5.35. The van der Waals surface area contributed by atoms with Crippen LogP contribution in [0.1, 0.15) is 26.7 Å². The summed E-state index contributed by atoms with van der Waals surface area (Å²) in [4.78, 5) is 1.89. The molecule has 1 aliphatic rings. The van der Waals surface area contributed by atoms with Gasteiger partial charge in [0, 0.05) is 29.8 Å². The van der Waals surface area contributed by atoms with Crippen molar-refractivity contribution in [2.75, 3.05) is 23.8 Å². The summed E-state index contributed by atoms with van der Waals surface area (Å²) in [6.07, 6.45) is 2.37. The van der Waals surface area contributed by atoms with Crippen LogP contribution in [0.3, 0.4) is 0 Å². The summed E-state index contributed by atoms with van der Waals surface area (Å²) in [5, 5.41) is 0.559. The number of hydrogen-bond donors (Lipinski definition) is 0. The van der Waals surface area contributed by atoms with Gasteiger partial charge in [-0.05, 0) is 31.5 Å². The normalized spacial score (nSPS) is 17.6. The topological polar surface area (TPSA) is 78.9 Å². The highest BCUT2D eigenvalue weighted by Gasteiger charge is 2.30. The van der Waals surface area contributed by atoms with Crippen molar-refractivity contribution in [3.05, 3.63) is 35.1 Å². The van der Waals surface area contributed by atoms with Crippen molar-refractivity contribution >= 4 is 27.4 Å². The third-order valence-electron chi connectivity index (χ3n) is 3.59. The fourth-order valence-corrected chi connectivity index (χ4v) is 3.19. The third-order valence-corrected chi connectivity index (χ3v) is 4.61. The minimum Gasteiger partial charge on any atom is -0.748 e. The van der Waals surface area contributed by atoms with Crippen molar-refractivity contribution in [1.82, 2.24) is 0 Å². The Kier molecular flexibility index (Phi) is 6.37. The van der Waals surface area contributed by atoms with E-state index < -0.39 is 22.1 Å². The fraction of sp³-hybridized carbons (Fsp3) is 0.500. The van der Waals surface area contributed by atoms with Crippen molar-refractivity contribution in [1.29, 1.82) is 0 Å². The molecule has 0 saturated heterocycles. The molecule has 1 aliphatic heterocycles. The van der Waals surface area contributed by atoms with Crippen LogP contribution in [0.25, 0.3) is 0 Å². The van der Waals surface area contributed by atoms with E-state index in [1.54, 1.807) is 18.2 Å². The van der Waals surface area contributed by atoms with Crippen LogP contribution >= 0.6 is 11.6 Å². The standard InChI is InChI=1S/C16H22ClNO5S/c1-3-13(22-4-2)11-16-18(8-5-9-24(19,20)21)14-10-12(17)6-7-15(14)23-16/h6-7,10-11,16H,3-5,8-9H2,1-2H3,(H,19,20,21)/p-1. The van der Waals surface area contributed by atoms with Crippen LogP contribution < -0.4 is 9.64 Å². The second-order valence-corrected chi connectivity index (χ2v) is 7.31. The molecule has 0 aliphatic carbocycles. The Morgan fingerprint density at radius 2 is 2.21 bits per heavy atom. The van der Waals surface area contributed by atoms with Crippen LogP contribution in [-0.4, -0.2) is 38.1 Å². The molecule has 0 bridgehead atoms. The molecule has 1 aromatic rings. The van der Waals surface area contributed by atoms with Gasteiger partial charge in [0.1, 0.15) is 5.75 Å². The Bertz CT molecular complexity index is 704. The van der Waals surface area contributed by atoms with Crippen LogP contribution in [-0.2, 0) is 14.9 Å². The van der Waals surface area contributed by atoms with E-state index in [1.807, 2.05) is 24.8 Å². The average Bonchev–Trinajstić information content (AvgIpc) is 2.83. The van der Waals surface area contributed by atoms with E-state index in [0.29, 0.717) is 30.3 Å². The Labute approximate surface area is 147 Å². The summed E-state index contributed by atoms with van der Waals surface area (Å²) in [5.41, 5.74) is 0.777. The predicted molar refractivity (Wildman–Crippen MR) is 92.4 cm³/mol. The maximum absolute atomic E-state index is 10.8. The van der Waals surface area contributed by atoms with Crippen molar-refractivity contribution < 1.29 is 22.4 Å². The molecule has 8 heteroatoms. The lowest BCUT2D eigenvalue weighted by atomic mass is 10.2. The van der Waals surface area contributed by atoms with E-state index in [2.05, 4.69) is 0 Å². The lowest BCUT2D eigenvalue weighted by Gasteiger charge is -2.24. The quantitative estimate of drug-likeness (QED) is 0.513. The van der Waals surface area contributed by atoms with Gasteiger partial charge in [-0.1, -0.05) is 18.5 Å². The molecule has 1 atom stereocenters. The molecule has 0 saturated carbocycles. The summed E-state index contributed by atoms with van der Waals surface area (Å²) >= 11 is 6.06. The van der Waals surface area contributed by atoms with Gasteiger partial charge in [-0.3, -0.25) is 0 Å². The fourth-order valence-electron chi connectivity index (χ4n) is 2.54. The highest BCUT2D eigenvalue weighted by Crippen LogP contribution is 2.39. The molecular formula is C16H21ClNO5S-. The molecule has 1 heterocycles. The molecule has 0 aromatic heterocycles. The molecule has 0 radical (unpaired) electrons. The minimum atomic E-state index is -4.24. The highest BCUT2D eigenvalue weighted by atomic mass is 35.5. The van der Waals surface area contributed by atoms with E-state index in [1.165, 1.54) is 0 Å². The Morgan fingerprint density at radius 1 is 1.46 bits per heavy atom. The number of benzene rings is 1. The van der Waals surface area contributed by atoms with Crippen molar-refractivity contribution in [3.8, 4) is 5.75 Å². The SMILES string of the molecule is CCOC(=CC1Oc2ccc(Cl)cc2N1CCCS(=O)(=O)[O-])CC. The lowest BCUT2D eigenvalue weighted by Crippen LogP contribution is -2.35. The van der Waals surface area contributed by atoms with Crippen LogP contribution in [0, 0.1) is 0 Å². The molecule has 1 aromatic carbocycles. The lowest BCUT2D eigenvalue weighted by molar-refractivity contribution is 0.206. The summed E-state index contributed by atoms with van der Waals surface area (Å²) in [6.45, 7) is 4.80. The smallest absolute Gasteiger partial charge is 0.195 e. The van der Waals surface area contributed by atoms with Crippen LogP contribution in [0.15, 0.2) is 30.0 Å². The summed E-state index contributed by atoms with van der Waals surface area (Å²) in [6, 6.07) is 5.27. The first kappa shape index (κ1) is 18.9. The molecule has 0 amide bonds. The number of fused-ring (bicyclic) bond motifs is 1. The van der Waals surface area contributed by atoms with E-state index in [9.17, 15) is 13.0 Å². The van der Waals surface area contributed by atoms with Gasteiger partial charge < -0.3 is 18.9 Å². The molecule has 1 unspecified atom stereocenters. The zero-order valence-electron chi connectivity index (χ0n) is 13.7. The summed E-state index contributed by atoms with van der Waals surface area (Å²) in [7, 11) is -4.24. The van der Waals surface area contributed by atoms with Gasteiger partial charge in [0.25, 0.3) is 0 Å². The van der Waals surface area contributed by atoms with E-state index >= 15 is 0 Å². The number of halogens is 1. The van der Waals surface area contributed by atoms with Crippen molar-refractivity contribution in [3.63, 3.8) is 0 Å². The first-order valence-electron chi connectivity index (χ1n) is 7.84. The highest BCUT2D eigenvalue weighted by molar-refractivity contribution is 7.85. The molecule has 0 fully saturated rings. The van der Waals surface area contributed by atoms with Gasteiger partial charge in [-0.25, -0.2) is 8.42 Å².